The van der Waals surface area contributed by atoms with E-state index >= 15 is 0 Å². The SMILES string of the molecule is CNC1(C(=O)O)CCC(N2C[C@@H](C)O[C@@H](C)C2)C1. The van der Waals surface area contributed by atoms with Crippen LogP contribution in [0.4, 0.5) is 0 Å². The zero-order valence-electron chi connectivity index (χ0n) is 11.5. The van der Waals surface area contributed by atoms with Crippen LogP contribution < -0.4 is 5.32 Å². The van der Waals surface area contributed by atoms with Crippen LogP contribution in [0.25, 0.3) is 0 Å². The zero-order valence-corrected chi connectivity index (χ0v) is 11.5. The summed E-state index contributed by atoms with van der Waals surface area (Å²) in [5, 5.41) is 12.4. The highest BCUT2D eigenvalue weighted by Gasteiger charge is 2.46. The second-order valence-electron chi connectivity index (χ2n) is 5.75. The van der Waals surface area contributed by atoms with Crippen molar-refractivity contribution in [3.8, 4) is 0 Å². The Morgan fingerprint density at radius 2 is 2.00 bits per heavy atom. The van der Waals surface area contributed by atoms with Crippen molar-refractivity contribution in [2.75, 3.05) is 20.1 Å². The van der Waals surface area contributed by atoms with Crippen molar-refractivity contribution in [1.82, 2.24) is 10.2 Å². The third-order valence-electron chi connectivity index (χ3n) is 4.34. The van der Waals surface area contributed by atoms with Crippen LogP contribution in [0.3, 0.4) is 0 Å². The van der Waals surface area contributed by atoms with Gasteiger partial charge in [-0.15, -0.1) is 0 Å². The Hall–Kier alpha value is -0.650. The van der Waals surface area contributed by atoms with Gasteiger partial charge in [-0.2, -0.15) is 0 Å². The third kappa shape index (κ3) is 2.53. The van der Waals surface area contributed by atoms with Gasteiger partial charge in [0.25, 0.3) is 0 Å². The van der Waals surface area contributed by atoms with Crippen molar-refractivity contribution in [3.05, 3.63) is 0 Å². The minimum absolute atomic E-state index is 0.239. The largest absolute Gasteiger partial charge is 0.480 e. The number of carboxylic acid groups (broad SMARTS) is 1. The number of aliphatic carboxylic acids is 1. The maximum absolute atomic E-state index is 11.4. The second kappa shape index (κ2) is 5.15. The van der Waals surface area contributed by atoms with Crippen molar-refractivity contribution in [2.24, 2.45) is 0 Å². The molecule has 1 saturated heterocycles. The molecule has 0 radical (unpaired) electrons. The Kier molecular flexibility index (Phi) is 3.94. The minimum atomic E-state index is -0.727. The summed E-state index contributed by atoms with van der Waals surface area (Å²) in [6, 6.07) is 0.363. The molecule has 2 unspecified atom stereocenters. The van der Waals surface area contributed by atoms with Crippen molar-refractivity contribution >= 4 is 5.97 Å². The Morgan fingerprint density at radius 1 is 1.39 bits per heavy atom. The van der Waals surface area contributed by atoms with Gasteiger partial charge >= 0.3 is 5.97 Å². The standard InChI is InChI=1S/C13H24N2O3/c1-9-7-15(8-10(2)18-9)11-4-5-13(6-11,14-3)12(16)17/h9-11,14H,4-8H2,1-3H3,(H,16,17)/t9-,10+,11?,13?. The van der Waals surface area contributed by atoms with Crippen LogP contribution in [0.2, 0.25) is 0 Å². The number of likely N-dealkylation sites (N-methyl/N-ethyl adjacent to an activating group) is 1. The van der Waals surface area contributed by atoms with Crippen LogP contribution in [0, 0.1) is 0 Å². The summed E-state index contributed by atoms with van der Waals surface area (Å²) in [6.45, 7) is 5.99. The fraction of sp³-hybridized carbons (Fsp3) is 0.923. The number of carboxylic acids is 1. The van der Waals surface area contributed by atoms with E-state index in [1.807, 2.05) is 0 Å². The van der Waals surface area contributed by atoms with E-state index in [0.717, 1.165) is 19.5 Å². The molecule has 0 aromatic heterocycles. The average Bonchev–Trinajstić information content (AvgIpc) is 2.73. The van der Waals surface area contributed by atoms with Gasteiger partial charge in [0.15, 0.2) is 0 Å². The predicted molar refractivity (Wildman–Crippen MR) is 68.6 cm³/mol. The molecular weight excluding hydrogens is 232 g/mol. The maximum Gasteiger partial charge on any atom is 0.323 e. The highest BCUT2D eigenvalue weighted by Crippen LogP contribution is 2.34. The van der Waals surface area contributed by atoms with Gasteiger partial charge < -0.3 is 15.2 Å². The van der Waals surface area contributed by atoms with Gasteiger partial charge in [-0.25, -0.2) is 0 Å². The van der Waals surface area contributed by atoms with E-state index < -0.39 is 11.5 Å². The first-order valence-electron chi connectivity index (χ1n) is 6.78. The quantitative estimate of drug-likeness (QED) is 0.778. The van der Waals surface area contributed by atoms with Gasteiger partial charge in [0.2, 0.25) is 0 Å². The topological polar surface area (TPSA) is 61.8 Å². The van der Waals surface area contributed by atoms with E-state index in [0.29, 0.717) is 18.9 Å². The normalized spacial score (nSPS) is 42.1. The van der Waals surface area contributed by atoms with E-state index in [2.05, 4.69) is 24.1 Å². The molecule has 5 nitrogen and oxygen atoms in total. The number of nitrogens with zero attached hydrogens (tertiary/aromatic N) is 1. The van der Waals surface area contributed by atoms with Gasteiger partial charge in [0.1, 0.15) is 5.54 Å². The van der Waals surface area contributed by atoms with E-state index in [1.54, 1.807) is 7.05 Å². The van der Waals surface area contributed by atoms with Crippen LogP contribution >= 0.6 is 0 Å². The number of ether oxygens (including phenoxy) is 1. The molecule has 1 aliphatic carbocycles. The molecule has 2 N–H and O–H groups in total. The van der Waals surface area contributed by atoms with Crippen molar-refractivity contribution in [1.29, 1.82) is 0 Å². The summed E-state index contributed by atoms with van der Waals surface area (Å²) in [5.74, 6) is -0.721. The Morgan fingerprint density at radius 3 is 2.44 bits per heavy atom. The van der Waals surface area contributed by atoms with Crippen molar-refractivity contribution in [2.45, 2.75) is 56.9 Å². The molecule has 2 aliphatic rings. The molecule has 0 spiro atoms. The van der Waals surface area contributed by atoms with Gasteiger partial charge in [-0.1, -0.05) is 0 Å². The molecule has 2 fully saturated rings. The van der Waals surface area contributed by atoms with Gasteiger partial charge in [-0.3, -0.25) is 9.69 Å². The van der Waals surface area contributed by atoms with Crippen LogP contribution in [0.5, 0.6) is 0 Å². The minimum Gasteiger partial charge on any atom is -0.480 e. The Bertz CT molecular complexity index is 313. The highest BCUT2D eigenvalue weighted by atomic mass is 16.5. The number of hydrogen-bond donors (Lipinski definition) is 2. The molecule has 2 rings (SSSR count). The summed E-state index contributed by atoms with van der Waals surface area (Å²) in [5.41, 5.74) is -0.727. The van der Waals surface area contributed by atoms with Gasteiger partial charge in [0.05, 0.1) is 12.2 Å². The summed E-state index contributed by atoms with van der Waals surface area (Å²) >= 11 is 0. The number of hydrogen-bond acceptors (Lipinski definition) is 4. The van der Waals surface area contributed by atoms with Crippen molar-refractivity contribution in [3.63, 3.8) is 0 Å². The number of carbonyl (C=O) groups is 1. The molecule has 1 aliphatic heterocycles. The van der Waals surface area contributed by atoms with Crippen molar-refractivity contribution < 1.29 is 14.6 Å². The lowest BCUT2D eigenvalue weighted by atomic mass is 9.97. The number of morpholine rings is 1. The summed E-state index contributed by atoms with van der Waals surface area (Å²) in [7, 11) is 1.75. The van der Waals surface area contributed by atoms with E-state index in [9.17, 15) is 9.90 Å². The third-order valence-corrected chi connectivity index (χ3v) is 4.34. The van der Waals surface area contributed by atoms with E-state index in [4.69, 9.17) is 4.74 Å². The first kappa shape index (κ1) is 13.8. The summed E-state index contributed by atoms with van der Waals surface area (Å²) in [6.07, 6.45) is 2.83. The molecule has 18 heavy (non-hydrogen) atoms. The molecule has 1 saturated carbocycles. The lowest BCUT2D eigenvalue weighted by Crippen LogP contribution is -2.52. The first-order chi connectivity index (χ1) is 8.47. The Balaban J connectivity index is 2.02. The van der Waals surface area contributed by atoms with Crippen LogP contribution in [-0.4, -0.2) is 59.9 Å². The zero-order chi connectivity index (χ0) is 13.3. The lowest BCUT2D eigenvalue weighted by Gasteiger charge is -2.39. The smallest absolute Gasteiger partial charge is 0.323 e. The lowest BCUT2D eigenvalue weighted by molar-refractivity contribution is -0.144. The molecule has 104 valence electrons. The predicted octanol–water partition coefficient (Wildman–Crippen LogP) is 0.691. The number of rotatable bonds is 3. The highest BCUT2D eigenvalue weighted by molar-refractivity contribution is 5.79. The number of nitrogens with one attached hydrogen (secondary N) is 1. The van der Waals surface area contributed by atoms with E-state index in [-0.39, 0.29) is 12.2 Å². The molecule has 0 aromatic rings. The molecule has 5 heteroatoms. The molecule has 0 aromatic carbocycles. The summed E-state index contributed by atoms with van der Waals surface area (Å²) < 4.78 is 5.73. The van der Waals surface area contributed by atoms with Gasteiger partial charge in [-0.05, 0) is 40.2 Å². The molecule has 1 heterocycles. The van der Waals surface area contributed by atoms with Crippen LogP contribution in [0.15, 0.2) is 0 Å². The molecule has 0 amide bonds. The first-order valence-corrected chi connectivity index (χ1v) is 6.78. The monoisotopic (exact) mass is 256 g/mol. The maximum atomic E-state index is 11.4. The average molecular weight is 256 g/mol. The molecule has 4 atom stereocenters. The van der Waals surface area contributed by atoms with Crippen LogP contribution in [-0.2, 0) is 9.53 Å². The van der Waals surface area contributed by atoms with Crippen LogP contribution in [0.1, 0.15) is 33.1 Å². The molecule has 0 bridgehead atoms. The fourth-order valence-electron chi connectivity index (χ4n) is 3.38. The Labute approximate surface area is 108 Å². The van der Waals surface area contributed by atoms with Gasteiger partial charge in [0, 0.05) is 19.1 Å². The molecular formula is C13H24N2O3. The summed E-state index contributed by atoms with van der Waals surface area (Å²) in [4.78, 5) is 13.8. The van der Waals surface area contributed by atoms with E-state index in [1.165, 1.54) is 0 Å². The second-order valence-corrected chi connectivity index (χ2v) is 5.75. The fourth-order valence-corrected chi connectivity index (χ4v) is 3.38.